The minimum Gasteiger partial charge on any atom is -0.384 e. The van der Waals surface area contributed by atoms with E-state index in [1.165, 1.54) is 12.8 Å². The standard InChI is InChI=1S/C14H22N4O/c1-9(2)18-5-6-19-12(8-18)14-16-11(10-3-4-10)7-13(15)17-14/h7,9-10,12H,3-6,8H2,1-2H3,(H2,15,16,17). The lowest BCUT2D eigenvalue weighted by molar-refractivity contribution is -0.0443. The van der Waals surface area contributed by atoms with Crippen LogP contribution in [0, 0.1) is 0 Å². The van der Waals surface area contributed by atoms with Crippen molar-refractivity contribution in [1.82, 2.24) is 14.9 Å². The molecule has 1 aliphatic heterocycles. The van der Waals surface area contributed by atoms with Crippen molar-refractivity contribution in [1.29, 1.82) is 0 Å². The van der Waals surface area contributed by atoms with E-state index < -0.39 is 0 Å². The van der Waals surface area contributed by atoms with Crippen LogP contribution in [0.1, 0.15) is 50.2 Å². The normalized spacial score (nSPS) is 24.9. The van der Waals surface area contributed by atoms with Gasteiger partial charge in [0.25, 0.3) is 0 Å². The van der Waals surface area contributed by atoms with Gasteiger partial charge < -0.3 is 10.5 Å². The molecule has 5 heteroatoms. The van der Waals surface area contributed by atoms with E-state index >= 15 is 0 Å². The van der Waals surface area contributed by atoms with Crippen LogP contribution < -0.4 is 5.73 Å². The SMILES string of the molecule is CC(C)N1CCOC(c2nc(N)cc(C3CC3)n2)C1. The Morgan fingerprint density at radius 1 is 1.37 bits per heavy atom. The van der Waals surface area contributed by atoms with Gasteiger partial charge in [-0.1, -0.05) is 0 Å². The second kappa shape index (κ2) is 5.06. The van der Waals surface area contributed by atoms with Gasteiger partial charge in [0.05, 0.1) is 6.61 Å². The number of nitrogens with two attached hydrogens (primary N) is 1. The van der Waals surface area contributed by atoms with Gasteiger partial charge in [-0.25, -0.2) is 9.97 Å². The molecule has 2 heterocycles. The van der Waals surface area contributed by atoms with Gasteiger partial charge in [0.1, 0.15) is 11.9 Å². The minimum atomic E-state index is -0.0443. The molecule has 0 radical (unpaired) electrons. The summed E-state index contributed by atoms with van der Waals surface area (Å²) in [5.74, 6) is 1.92. The second-order valence-electron chi connectivity index (χ2n) is 5.80. The first-order chi connectivity index (χ1) is 9.13. The fourth-order valence-corrected chi connectivity index (χ4v) is 2.53. The molecule has 104 valence electrons. The van der Waals surface area contributed by atoms with Crippen molar-refractivity contribution in [2.75, 3.05) is 25.4 Å². The topological polar surface area (TPSA) is 64.3 Å². The van der Waals surface area contributed by atoms with Crippen molar-refractivity contribution >= 4 is 5.82 Å². The van der Waals surface area contributed by atoms with Gasteiger partial charge in [0.2, 0.25) is 0 Å². The zero-order valence-corrected chi connectivity index (χ0v) is 11.7. The molecule has 5 nitrogen and oxygen atoms in total. The lowest BCUT2D eigenvalue weighted by Gasteiger charge is -2.34. The number of hydrogen-bond acceptors (Lipinski definition) is 5. The van der Waals surface area contributed by atoms with Gasteiger partial charge in [-0.05, 0) is 26.7 Å². The Morgan fingerprint density at radius 3 is 2.84 bits per heavy atom. The van der Waals surface area contributed by atoms with E-state index in [2.05, 4.69) is 28.7 Å². The van der Waals surface area contributed by atoms with Crippen molar-refractivity contribution in [2.24, 2.45) is 0 Å². The number of nitrogen functional groups attached to an aromatic ring is 1. The second-order valence-corrected chi connectivity index (χ2v) is 5.80. The largest absolute Gasteiger partial charge is 0.384 e. The van der Waals surface area contributed by atoms with E-state index in [0.717, 1.165) is 31.2 Å². The molecule has 1 atom stereocenters. The zero-order valence-electron chi connectivity index (χ0n) is 11.7. The molecule has 0 spiro atoms. The lowest BCUT2D eigenvalue weighted by Crippen LogP contribution is -2.42. The molecular formula is C14H22N4O. The molecule has 2 aliphatic rings. The van der Waals surface area contributed by atoms with Crippen molar-refractivity contribution in [3.8, 4) is 0 Å². The molecule has 0 bridgehead atoms. The number of nitrogens with zero attached hydrogens (tertiary/aromatic N) is 3. The van der Waals surface area contributed by atoms with Crippen molar-refractivity contribution in [3.05, 3.63) is 17.6 Å². The molecule has 1 aliphatic carbocycles. The van der Waals surface area contributed by atoms with Crippen LogP contribution in [0.2, 0.25) is 0 Å². The number of hydrogen-bond donors (Lipinski definition) is 1. The summed E-state index contributed by atoms with van der Waals surface area (Å²) in [6.45, 7) is 6.98. The van der Waals surface area contributed by atoms with Crippen LogP contribution in [0.5, 0.6) is 0 Å². The first-order valence-corrected chi connectivity index (χ1v) is 7.13. The summed E-state index contributed by atoms with van der Waals surface area (Å²) >= 11 is 0. The van der Waals surface area contributed by atoms with Gasteiger partial charge in [0, 0.05) is 36.8 Å². The van der Waals surface area contributed by atoms with Crippen LogP contribution in [0.3, 0.4) is 0 Å². The van der Waals surface area contributed by atoms with E-state index in [4.69, 9.17) is 10.5 Å². The van der Waals surface area contributed by atoms with Crippen molar-refractivity contribution in [3.63, 3.8) is 0 Å². The monoisotopic (exact) mass is 262 g/mol. The smallest absolute Gasteiger partial charge is 0.161 e. The van der Waals surface area contributed by atoms with Gasteiger partial charge in [-0.15, -0.1) is 0 Å². The van der Waals surface area contributed by atoms with E-state index in [-0.39, 0.29) is 6.10 Å². The number of morpholine rings is 1. The van der Waals surface area contributed by atoms with Gasteiger partial charge in [-0.3, -0.25) is 4.90 Å². The fraction of sp³-hybridized carbons (Fsp3) is 0.714. The first-order valence-electron chi connectivity index (χ1n) is 7.13. The lowest BCUT2D eigenvalue weighted by atomic mass is 10.2. The molecule has 2 N–H and O–H groups in total. The summed E-state index contributed by atoms with van der Waals surface area (Å²) in [5, 5.41) is 0. The van der Waals surface area contributed by atoms with Crippen molar-refractivity contribution in [2.45, 2.75) is 44.8 Å². The average Bonchev–Trinajstić information content (AvgIpc) is 3.22. The summed E-state index contributed by atoms with van der Waals surface area (Å²) in [6.07, 6.45) is 2.40. The summed E-state index contributed by atoms with van der Waals surface area (Å²) in [6, 6.07) is 2.43. The molecule has 3 rings (SSSR count). The van der Waals surface area contributed by atoms with Crippen LogP contribution in [-0.4, -0.2) is 40.6 Å². The van der Waals surface area contributed by atoms with Crippen molar-refractivity contribution < 1.29 is 4.74 Å². The molecule has 19 heavy (non-hydrogen) atoms. The zero-order chi connectivity index (χ0) is 13.4. The highest BCUT2D eigenvalue weighted by Crippen LogP contribution is 2.39. The predicted octanol–water partition coefficient (Wildman–Crippen LogP) is 1.72. The van der Waals surface area contributed by atoms with E-state index in [0.29, 0.717) is 17.8 Å². The van der Waals surface area contributed by atoms with Gasteiger partial charge in [-0.2, -0.15) is 0 Å². The van der Waals surface area contributed by atoms with Crippen LogP contribution in [0.25, 0.3) is 0 Å². The molecule has 0 amide bonds. The van der Waals surface area contributed by atoms with E-state index in [9.17, 15) is 0 Å². The Hall–Kier alpha value is -1.20. The summed E-state index contributed by atoms with van der Waals surface area (Å²) < 4.78 is 5.83. The third-order valence-corrected chi connectivity index (χ3v) is 3.89. The molecule has 1 aromatic rings. The van der Waals surface area contributed by atoms with E-state index in [1.54, 1.807) is 0 Å². The average molecular weight is 262 g/mol. The minimum absolute atomic E-state index is 0.0443. The molecule has 1 saturated carbocycles. The Balaban J connectivity index is 1.80. The molecular weight excluding hydrogens is 240 g/mol. The molecule has 1 unspecified atom stereocenters. The maximum Gasteiger partial charge on any atom is 0.161 e. The predicted molar refractivity (Wildman–Crippen MR) is 73.8 cm³/mol. The Kier molecular flexibility index (Phi) is 3.41. The number of anilines is 1. The van der Waals surface area contributed by atoms with E-state index in [1.807, 2.05) is 6.07 Å². The highest BCUT2D eigenvalue weighted by Gasteiger charge is 2.29. The Morgan fingerprint density at radius 2 is 2.16 bits per heavy atom. The molecule has 0 aromatic carbocycles. The first kappa shape index (κ1) is 12.8. The fourth-order valence-electron chi connectivity index (χ4n) is 2.53. The molecule has 2 fully saturated rings. The van der Waals surface area contributed by atoms with Crippen LogP contribution >= 0.6 is 0 Å². The summed E-state index contributed by atoms with van der Waals surface area (Å²) in [7, 11) is 0. The number of aromatic nitrogens is 2. The number of ether oxygens (including phenoxy) is 1. The van der Waals surface area contributed by atoms with Crippen LogP contribution in [-0.2, 0) is 4.74 Å². The van der Waals surface area contributed by atoms with Crippen LogP contribution in [0.15, 0.2) is 6.07 Å². The summed E-state index contributed by atoms with van der Waals surface area (Å²) in [5.41, 5.74) is 7.00. The Bertz CT molecular complexity index is 459. The quantitative estimate of drug-likeness (QED) is 0.898. The maximum absolute atomic E-state index is 5.91. The highest BCUT2D eigenvalue weighted by atomic mass is 16.5. The Labute approximate surface area is 114 Å². The number of rotatable bonds is 3. The van der Waals surface area contributed by atoms with Crippen LogP contribution in [0.4, 0.5) is 5.82 Å². The molecule has 1 saturated heterocycles. The third kappa shape index (κ3) is 2.87. The highest BCUT2D eigenvalue weighted by molar-refractivity contribution is 5.33. The summed E-state index contributed by atoms with van der Waals surface area (Å²) in [4.78, 5) is 11.4. The van der Waals surface area contributed by atoms with Gasteiger partial charge in [0.15, 0.2) is 5.82 Å². The molecule has 1 aromatic heterocycles. The maximum atomic E-state index is 5.91. The van der Waals surface area contributed by atoms with Gasteiger partial charge >= 0.3 is 0 Å². The third-order valence-electron chi connectivity index (χ3n) is 3.89.